The minimum absolute atomic E-state index is 0.0428. The number of methoxy groups -OCH3 is 2. The number of fused-ring (bicyclic) bond motifs is 1. The molecule has 1 aliphatic rings. The van der Waals surface area contributed by atoms with E-state index in [-0.39, 0.29) is 31.0 Å². The Morgan fingerprint density at radius 2 is 1.86 bits per heavy atom. The lowest BCUT2D eigenvalue weighted by atomic mass is 10.1. The highest BCUT2D eigenvalue weighted by molar-refractivity contribution is 6.52. The summed E-state index contributed by atoms with van der Waals surface area (Å²) in [6, 6.07) is 16.8. The van der Waals surface area contributed by atoms with E-state index in [0.29, 0.717) is 39.2 Å². The summed E-state index contributed by atoms with van der Waals surface area (Å²) in [5.74, 6) is -0.0329. The molecule has 0 aliphatic carbocycles. The maximum Gasteiger partial charge on any atom is 0.299 e. The number of ketones is 2. The van der Waals surface area contributed by atoms with E-state index in [1.165, 1.54) is 28.8 Å². The van der Waals surface area contributed by atoms with Crippen LogP contribution in [0, 0.1) is 0 Å². The first-order valence-corrected chi connectivity index (χ1v) is 13.5. The molecule has 0 fully saturated rings. The summed E-state index contributed by atoms with van der Waals surface area (Å²) in [5.41, 5.74) is 2.31. The number of β-amino-alcohol motifs (C(OH)–C–C–N with tert-alkyl or cyclic N) is 1. The minimum Gasteiger partial charge on any atom is -0.497 e. The Kier molecular flexibility index (Phi) is 8.84. The van der Waals surface area contributed by atoms with E-state index in [4.69, 9.17) is 25.8 Å². The number of rotatable bonds is 12. The van der Waals surface area contributed by atoms with Crippen LogP contribution < -0.4 is 19.1 Å². The molecule has 0 bridgehead atoms. The van der Waals surface area contributed by atoms with Crippen LogP contribution in [0.2, 0.25) is 5.02 Å². The second-order valence-corrected chi connectivity index (χ2v) is 10.1. The Morgan fingerprint density at radius 1 is 1.02 bits per heavy atom. The van der Waals surface area contributed by atoms with Gasteiger partial charge in [0.1, 0.15) is 29.5 Å². The fourth-order valence-corrected chi connectivity index (χ4v) is 4.73. The number of aliphatic hydroxyl groups excluding tert-OH is 1. The van der Waals surface area contributed by atoms with Gasteiger partial charge in [0.25, 0.3) is 11.7 Å². The zero-order valence-electron chi connectivity index (χ0n) is 23.3. The van der Waals surface area contributed by atoms with Crippen molar-refractivity contribution in [2.24, 2.45) is 0 Å². The standard InChI is InChI=1S/C31H27ClN4O7/c1-41-23-8-9-25(29(14-23)42-2)28(38)11-6-19-4-3-5-24(12-19)43-18-21-15-35(34-33-21)16-22(37)17-36-27-10-7-20(32)13-26(27)30(39)31(36)40/h3-15,22,37H,16-18H2,1-2H3/b11-6+. The Balaban J connectivity index is 1.16. The van der Waals surface area contributed by atoms with Gasteiger partial charge in [-0.15, -0.1) is 5.10 Å². The number of carbonyl (C=O) groups excluding carboxylic acids is 3. The fourth-order valence-electron chi connectivity index (χ4n) is 4.56. The molecule has 12 heteroatoms. The van der Waals surface area contributed by atoms with Gasteiger partial charge in [-0.25, -0.2) is 4.68 Å². The molecule has 4 aromatic rings. The molecule has 11 nitrogen and oxygen atoms in total. The third-order valence-corrected chi connectivity index (χ3v) is 6.89. The molecule has 220 valence electrons. The maximum atomic E-state index is 12.8. The Labute approximate surface area is 251 Å². The summed E-state index contributed by atoms with van der Waals surface area (Å²) in [6.45, 7) is 0.0542. The van der Waals surface area contributed by atoms with Gasteiger partial charge in [-0.05, 0) is 54.1 Å². The van der Waals surface area contributed by atoms with Gasteiger partial charge in [0.05, 0.1) is 56.4 Å². The van der Waals surface area contributed by atoms with Crippen molar-refractivity contribution >= 4 is 40.8 Å². The van der Waals surface area contributed by atoms with Crippen LogP contribution in [-0.4, -0.2) is 64.4 Å². The second-order valence-electron chi connectivity index (χ2n) is 9.62. The molecule has 0 saturated heterocycles. The minimum atomic E-state index is -1.02. The number of aliphatic hydroxyl groups is 1. The number of hydrogen-bond donors (Lipinski definition) is 1. The average molecular weight is 603 g/mol. The van der Waals surface area contributed by atoms with Gasteiger partial charge < -0.3 is 24.2 Å². The molecule has 0 radical (unpaired) electrons. The van der Waals surface area contributed by atoms with Crippen LogP contribution in [0.15, 0.2) is 72.9 Å². The number of ether oxygens (including phenoxy) is 3. The van der Waals surface area contributed by atoms with Crippen LogP contribution >= 0.6 is 11.6 Å². The van der Waals surface area contributed by atoms with Crippen molar-refractivity contribution in [2.75, 3.05) is 25.7 Å². The highest BCUT2D eigenvalue weighted by Crippen LogP contribution is 2.31. The Bertz CT molecular complexity index is 1720. The van der Waals surface area contributed by atoms with E-state index >= 15 is 0 Å². The first-order valence-electron chi connectivity index (χ1n) is 13.2. The van der Waals surface area contributed by atoms with Crippen molar-refractivity contribution in [3.63, 3.8) is 0 Å². The van der Waals surface area contributed by atoms with Gasteiger partial charge in [-0.3, -0.25) is 14.4 Å². The predicted octanol–water partition coefficient (Wildman–Crippen LogP) is 4.01. The fraction of sp³-hybridized carbons (Fsp3) is 0.194. The molecule has 1 N–H and O–H groups in total. The molecular formula is C31H27ClN4O7. The number of amides is 1. The van der Waals surface area contributed by atoms with E-state index in [9.17, 15) is 19.5 Å². The monoisotopic (exact) mass is 602 g/mol. The van der Waals surface area contributed by atoms with Gasteiger partial charge in [-0.1, -0.05) is 35.0 Å². The van der Waals surface area contributed by atoms with Crippen LogP contribution in [0.4, 0.5) is 5.69 Å². The number of halogens is 1. The first kappa shape index (κ1) is 29.5. The number of anilines is 1. The smallest absolute Gasteiger partial charge is 0.299 e. The molecule has 1 unspecified atom stereocenters. The maximum absolute atomic E-state index is 12.8. The first-order chi connectivity index (χ1) is 20.7. The van der Waals surface area contributed by atoms with Crippen LogP contribution in [0.25, 0.3) is 6.08 Å². The molecule has 5 rings (SSSR count). The van der Waals surface area contributed by atoms with E-state index in [0.717, 1.165) is 5.56 Å². The number of hydrogen-bond acceptors (Lipinski definition) is 9. The van der Waals surface area contributed by atoms with Crippen molar-refractivity contribution in [1.29, 1.82) is 0 Å². The SMILES string of the molecule is COc1ccc(C(=O)/C=C/c2cccc(OCc3cn(CC(O)CN4C(=O)C(=O)c5cc(Cl)ccc54)nn3)c2)c(OC)c1. The number of Topliss-reactive ketones (excluding diaryl/α,β-unsaturated/α-hetero) is 1. The summed E-state index contributed by atoms with van der Waals surface area (Å²) < 4.78 is 17.8. The second kappa shape index (κ2) is 12.9. The van der Waals surface area contributed by atoms with E-state index in [2.05, 4.69) is 10.3 Å². The van der Waals surface area contributed by atoms with Crippen molar-refractivity contribution < 1.29 is 33.7 Å². The van der Waals surface area contributed by atoms with Gasteiger partial charge in [0.2, 0.25) is 0 Å². The molecule has 0 spiro atoms. The molecular weight excluding hydrogens is 576 g/mol. The van der Waals surface area contributed by atoms with Gasteiger partial charge in [-0.2, -0.15) is 0 Å². The molecule has 1 amide bonds. The Hall–Kier alpha value is -5.00. The third kappa shape index (κ3) is 6.74. The number of aromatic nitrogens is 3. The summed E-state index contributed by atoms with van der Waals surface area (Å²) in [7, 11) is 3.03. The average Bonchev–Trinajstić information content (AvgIpc) is 3.56. The van der Waals surface area contributed by atoms with Crippen molar-refractivity contribution in [3.05, 3.63) is 100 Å². The van der Waals surface area contributed by atoms with Gasteiger partial charge in [0, 0.05) is 11.1 Å². The van der Waals surface area contributed by atoms with Crippen LogP contribution in [0.5, 0.6) is 17.2 Å². The Morgan fingerprint density at radius 3 is 2.65 bits per heavy atom. The lowest BCUT2D eigenvalue weighted by Crippen LogP contribution is -2.38. The third-order valence-electron chi connectivity index (χ3n) is 6.66. The lowest BCUT2D eigenvalue weighted by molar-refractivity contribution is -0.114. The van der Waals surface area contributed by atoms with E-state index in [1.54, 1.807) is 67.9 Å². The van der Waals surface area contributed by atoms with Crippen LogP contribution in [0.1, 0.15) is 32.0 Å². The molecule has 3 aromatic carbocycles. The van der Waals surface area contributed by atoms with Crippen molar-refractivity contribution in [1.82, 2.24) is 15.0 Å². The topological polar surface area (TPSA) is 133 Å². The molecule has 1 atom stereocenters. The molecule has 43 heavy (non-hydrogen) atoms. The quantitative estimate of drug-likeness (QED) is 0.145. The highest BCUT2D eigenvalue weighted by atomic mass is 35.5. The lowest BCUT2D eigenvalue weighted by Gasteiger charge is -2.20. The van der Waals surface area contributed by atoms with E-state index in [1.807, 2.05) is 6.07 Å². The van der Waals surface area contributed by atoms with Crippen LogP contribution in [0.3, 0.4) is 0 Å². The van der Waals surface area contributed by atoms with E-state index < -0.39 is 17.8 Å². The van der Waals surface area contributed by atoms with Gasteiger partial charge in [0.15, 0.2) is 5.78 Å². The molecule has 1 aromatic heterocycles. The predicted molar refractivity (Wildman–Crippen MR) is 158 cm³/mol. The summed E-state index contributed by atoms with van der Waals surface area (Å²) >= 11 is 5.95. The summed E-state index contributed by atoms with van der Waals surface area (Å²) in [6.07, 6.45) is 3.75. The number of benzene rings is 3. The summed E-state index contributed by atoms with van der Waals surface area (Å²) in [4.78, 5) is 38.7. The number of allylic oxidation sites excluding steroid dienone is 1. The van der Waals surface area contributed by atoms with Gasteiger partial charge >= 0.3 is 0 Å². The van der Waals surface area contributed by atoms with Crippen molar-refractivity contribution in [2.45, 2.75) is 19.3 Å². The number of carbonyl (C=O) groups is 3. The zero-order valence-corrected chi connectivity index (χ0v) is 24.0. The summed E-state index contributed by atoms with van der Waals surface area (Å²) in [5, 5.41) is 19.1. The van der Waals surface area contributed by atoms with Crippen LogP contribution in [-0.2, 0) is 17.9 Å². The normalized spacial score (nSPS) is 13.3. The largest absolute Gasteiger partial charge is 0.497 e. The molecule has 0 saturated carbocycles. The molecule has 1 aliphatic heterocycles. The molecule has 2 heterocycles. The number of nitrogens with zero attached hydrogens (tertiary/aromatic N) is 4. The zero-order chi connectivity index (χ0) is 30.5. The van der Waals surface area contributed by atoms with Crippen molar-refractivity contribution in [3.8, 4) is 17.2 Å². The highest BCUT2D eigenvalue weighted by Gasteiger charge is 2.36.